The van der Waals surface area contributed by atoms with E-state index < -0.39 is 30.4 Å². The van der Waals surface area contributed by atoms with Gasteiger partial charge < -0.3 is 24.4 Å². The molecule has 2 aliphatic carbocycles. The number of benzene rings is 1. The molecule has 4 rings (SSSR count). The van der Waals surface area contributed by atoms with E-state index in [0.717, 1.165) is 23.1 Å². The van der Waals surface area contributed by atoms with Gasteiger partial charge in [-0.3, -0.25) is 4.79 Å². The number of fused-ring (bicyclic) bond motifs is 1. The van der Waals surface area contributed by atoms with Gasteiger partial charge in [-0.2, -0.15) is 0 Å². The van der Waals surface area contributed by atoms with Gasteiger partial charge >= 0.3 is 11.9 Å². The molecule has 0 radical (unpaired) electrons. The van der Waals surface area contributed by atoms with Crippen LogP contribution in [0.1, 0.15) is 63.5 Å². The highest BCUT2D eigenvalue weighted by molar-refractivity contribution is 5.75. The van der Waals surface area contributed by atoms with Crippen molar-refractivity contribution in [2.75, 3.05) is 0 Å². The summed E-state index contributed by atoms with van der Waals surface area (Å²) in [5.74, 6) is 0.162. The zero-order chi connectivity index (χ0) is 26.7. The summed E-state index contributed by atoms with van der Waals surface area (Å²) >= 11 is 0. The topological polar surface area (TPSA) is 102 Å². The number of allylic oxidation sites excluding steroid dienone is 2. The summed E-state index contributed by atoms with van der Waals surface area (Å²) < 4.78 is 17.6. The zero-order valence-corrected chi connectivity index (χ0v) is 22.3. The molecule has 1 fully saturated rings. The summed E-state index contributed by atoms with van der Waals surface area (Å²) in [6, 6.07) is 5.85. The van der Waals surface area contributed by atoms with Crippen molar-refractivity contribution < 1.29 is 34.0 Å². The molecule has 1 aliphatic heterocycles. The first kappa shape index (κ1) is 27.4. The van der Waals surface area contributed by atoms with Crippen molar-refractivity contribution in [1.29, 1.82) is 0 Å². The van der Waals surface area contributed by atoms with E-state index in [1.54, 1.807) is 0 Å². The van der Waals surface area contributed by atoms with Gasteiger partial charge in [-0.25, -0.2) is 4.79 Å². The maximum atomic E-state index is 13.3. The lowest BCUT2D eigenvalue weighted by Crippen LogP contribution is -2.44. The minimum absolute atomic E-state index is 0.0489. The van der Waals surface area contributed by atoms with Crippen LogP contribution in [0.2, 0.25) is 0 Å². The van der Waals surface area contributed by atoms with Crippen LogP contribution in [0.4, 0.5) is 0 Å². The van der Waals surface area contributed by atoms with Gasteiger partial charge in [-0.1, -0.05) is 49.8 Å². The summed E-state index contributed by atoms with van der Waals surface area (Å²) in [6.07, 6.45) is 5.78. The van der Waals surface area contributed by atoms with Crippen molar-refractivity contribution in [3.05, 3.63) is 53.1 Å². The summed E-state index contributed by atoms with van der Waals surface area (Å²) in [6.45, 7) is 8.00. The number of ether oxygens (including phenoxy) is 3. The van der Waals surface area contributed by atoms with E-state index in [4.69, 9.17) is 14.2 Å². The molecule has 0 saturated carbocycles. The van der Waals surface area contributed by atoms with Crippen LogP contribution in [-0.4, -0.2) is 52.7 Å². The van der Waals surface area contributed by atoms with Crippen LogP contribution >= 0.6 is 0 Å². The zero-order valence-electron chi connectivity index (χ0n) is 22.3. The molecule has 0 amide bonds. The molecule has 7 nitrogen and oxygen atoms in total. The molecule has 0 spiro atoms. The first-order chi connectivity index (χ1) is 17.6. The first-order valence-electron chi connectivity index (χ1n) is 13.5. The third-order valence-electron chi connectivity index (χ3n) is 7.93. The lowest BCUT2D eigenvalue weighted by Gasteiger charge is -2.43. The SMILES string of the molecule is CCC(Oc1ccc(C)cc1C)C(=O)O[C@H]1C[C@H](O)C=C2C=C[C@H](C)[C@H](CC[C@@H]3C[C@@H](O)CC(=O)O3)[C@H]21. The number of esters is 2. The number of carbonyl (C=O) groups is 2. The van der Waals surface area contributed by atoms with E-state index in [1.165, 1.54) is 0 Å². The fourth-order valence-corrected chi connectivity index (χ4v) is 6.01. The van der Waals surface area contributed by atoms with Gasteiger partial charge in [-0.05, 0) is 62.1 Å². The highest BCUT2D eigenvalue weighted by Crippen LogP contribution is 2.44. The van der Waals surface area contributed by atoms with Crippen LogP contribution in [0.15, 0.2) is 42.0 Å². The molecule has 8 atom stereocenters. The van der Waals surface area contributed by atoms with Gasteiger partial charge in [0.25, 0.3) is 0 Å². The van der Waals surface area contributed by atoms with Crippen LogP contribution in [0.5, 0.6) is 5.75 Å². The van der Waals surface area contributed by atoms with E-state index in [-0.39, 0.29) is 36.2 Å². The minimum atomic E-state index is -0.744. The Morgan fingerprint density at radius 1 is 1.19 bits per heavy atom. The van der Waals surface area contributed by atoms with Crippen molar-refractivity contribution in [2.24, 2.45) is 17.8 Å². The van der Waals surface area contributed by atoms with Crippen molar-refractivity contribution in [3.8, 4) is 5.75 Å². The van der Waals surface area contributed by atoms with Crippen LogP contribution < -0.4 is 4.74 Å². The van der Waals surface area contributed by atoms with E-state index in [0.29, 0.717) is 31.4 Å². The second kappa shape index (κ2) is 11.8. The standard InChI is InChI=1S/C30H40O7/c1-5-25(36-26-11-6-17(2)12-19(26)4)30(34)37-27-15-21(31)13-20-8-7-18(3)24(29(20)27)10-9-23-14-22(32)16-28(33)35-23/h6-8,11-13,18,21-25,27,29,31-32H,5,9-10,14-16H2,1-4H3/t18-,21+,22+,23+,24-,25?,27-,29-/m0/s1. The molecule has 0 bridgehead atoms. The summed E-state index contributed by atoms with van der Waals surface area (Å²) in [4.78, 5) is 25.1. The fourth-order valence-electron chi connectivity index (χ4n) is 6.01. The summed E-state index contributed by atoms with van der Waals surface area (Å²) in [7, 11) is 0. The van der Waals surface area contributed by atoms with Crippen molar-refractivity contribution in [2.45, 2.75) is 96.7 Å². The Labute approximate surface area is 219 Å². The van der Waals surface area contributed by atoms with Crippen molar-refractivity contribution >= 4 is 11.9 Å². The van der Waals surface area contributed by atoms with E-state index in [9.17, 15) is 19.8 Å². The molecular weight excluding hydrogens is 472 g/mol. The molecule has 3 aliphatic rings. The average Bonchev–Trinajstić information content (AvgIpc) is 2.82. The molecular formula is C30H40O7. The number of aliphatic hydroxyl groups is 2. The molecule has 1 unspecified atom stereocenters. The van der Waals surface area contributed by atoms with Gasteiger partial charge in [0.15, 0.2) is 6.10 Å². The number of rotatable bonds is 8. The first-order valence-corrected chi connectivity index (χ1v) is 13.5. The number of hydrogen-bond donors (Lipinski definition) is 2. The predicted octanol–water partition coefficient (Wildman–Crippen LogP) is 4.35. The Hall–Kier alpha value is -2.64. The number of hydrogen-bond acceptors (Lipinski definition) is 7. The fraction of sp³-hybridized carbons (Fsp3) is 0.600. The molecule has 0 aromatic heterocycles. The third kappa shape index (κ3) is 6.63. The molecule has 1 aromatic carbocycles. The van der Waals surface area contributed by atoms with Crippen LogP contribution in [-0.2, 0) is 19.1 Å². The Morgan fingerprint density at radius 2 is 1.97 bits per heavy atom. The maximum absolute atomic E-state index is 13.3. The lowest BCUT2D eigenvalue weighted by molar-refractivity contribution is -0.165. The Kier molecular flexibility index (Phi) is 8.75. The predicted molar refractivity (Wildman–Crippen MR) is 139 cm³/mol. The van der Waals surface area contributed by atoms with Crippen LogP contribution in [0, 0.1) is 31.6 Å². The number of aliphatic hydroxyl groups excluding tert-OH is 2. The van der Waals surface area contributed by atoms with E-state index in [2.05, 4.69) is 13.0 Å². The highest BCUT2D eigenvalue weighted by atomic mass is 16.6. The van der Waals surface area contributed by atoms with Gasteiger partial charge in [0.2, 0.25) is 0 Å². The number of carbonyl (C=O) groups excluding carboxylic acids is 2. The summed E-state index contributed by atoms with van der Waals surface area (Å²) in [5.41, 5.74) is 3.06. The molecule has 1 aromatic rings. The highest BCUT2D eigenvalue weighted by Gasteiger charge is 2.43. The largest absolute Gasteiger partial charge is 0.478 e. The lowest BCUT2D eigenvalue weighted by atomic mass is 9.66. The smallest absolute Gasteiger partial charge is 0.347 e. The molecule has 1 saturated heterocycles. The molecule has 37 heavy (non-hydrogen) atoms. The maximum Gasteiger partial charge on any atom is 0.347 e. The second-order valence-electron chi connectivity index (χ2n) is 10.9. The van der Waals surface area contributed by atoms with Gasteiger partial charge in [0, 0.05) is 18.8 Å². The average molecular weight is 513 g/mol. The quantitative estimate of drug-likeness (QED) is 0.499. The monoisotopic (exact) mass is 512 g/mol. The molecule has 2 N–H and O–H groups in total. The summed E-state index contributed by atoms with van der Waals surface area (Å²) in [5, 5.41) is 20.5. The Bertz CT molecular complexity index is 1040. The Balaban J connectivity index is 1.48. The third-order valence-corrected chi connectivity index (χ3v) is 7.93. The van der Waals surface area contributed by atoms with Gasteiger partial charge in [0.05, 0.1) is 18.6 Å². The minimum Gasteiger partial charge on any atom is -0.478 e. The molecule has 202 valence electrons. The molecule has 7 heteroatoms. The van der Waals surface area contributed by atoms with Crippen LogP contribution in [0.25, 0.3) is 0 Å². The Morgan fingerprint density at radius 3 is 2.68 bits per heavy atom. The van der Waals surface area contributed by atoms with Gasteiger partial charge in [0.1, 0.15) is 18.0 Å². The van der Waals surface area contributed by atoms with Crippen molar-refractivity contribution in [3.63, 3.8) is 0 Å². The van der Waals surface area contributed by atoms with E-state index >= 15 is 0 Å². The normalized spacial score (nSPS) is 32.1. The van der Waals surface area contributed by atoms with E-state index in [1.807, 2.05) is 51.1 Å². The van der Waals surface area contributed by atoms with Crippen LogP contribution in [0.3, 0.4) is 0 Å². The second-order valence-corrected chi connectivity index (χ2v) is 10.9. The number of aryl methyl sites for hydroxylation is 2. The number of cyclic esters (lactones) is 1. The van der Waals surface area contributed by atoms with Crippen molar-refractivity contribution in [1.82, 2.24) is 0 Å². The van der Waals surface area contributed by atoms with Gasteiger partial charge in [-0.15, -0.1) is 0 Å². The molecule has 1 heterocycles.